The van der Waals surface area contributed by atoms with Gasteiger partial charge < -0.3 is 9.26 Å². The van der Waals surface area contributed by atoms with Gasteiger partial charge in [-0.05, 0) is 49.3 Å². The van der Waals surface area contributed by atoms with Crippen molar-refractivity contribution in [1.82, 2.24) is 10.1 Å². The van der Waals surface area contributed by atoms with E-state index in [4.69, 9.17) is 20.9 Å². The van der Waals surface area contributed by atoms with Gasteiger partial charge in [0.2, 0.25) is 11.8 Å². The van der Waals surface area contributed by atoms with E-state index in [2.05, 4.69) is 14.9 Å². The Labute approximate surface area is 204 Å². The number of nitrogens with zero attached hydrogens (tertiary/aromatic N) is 3. The number of halogens is 1. The summed E-state index contributed by atoms with van der Waals surface area (Å²) in [6.07, 6.45) is 10.9. The molecule has 10 heteroatoms. The zero-order valence-electron chi connectivity index (χ0n) is 18.8. The van der Waals surface area contributed by atoms with Crippen molar-refractivity contribution in [2.75, 3.05) is 22.5 Å². The van der Waals surface area contributed by atoms with Crippen LogP contribution in [0.2, 0.25) is 5.02 Å². The van der Waals surface area contributed by atoms with Gasteiger partial charge in [0.15, 0.2) is 11.4 Å². The summed E-state index contributed by atoms with van der Waals surface area (Å²) in [6, 6.07) is 5.48. The van der Waals surface area contributed by atoms with Crippen molar-refractivity contribution in [1.29, 1.82) is 0 Å². The average molecular weight is 501 g/mol. The lowest BCUT2D eigenvalue weighted by Crippen LogP contribution is -2.28. The van der Waals surface area contributed by atoms with Gasteiger partial charge in [-0.1, -0.05) is 36.0 Å². The molecule has 1 amide bonds. The number of nitrogens with one attached hydrogen (secondary N) is 1. The number of ether oxygens (including phenoxy) is 1. The maximum atomic E-state index is 13.6. The Hall–Kier alpha value is -2.65. The minimum Gasteiger partial charge on any atom is -0.476 e. The number of fused-ring (bicyclic) bond motifs is 3. The molecule has 178 valence electrons. The summed E-state index contributed by atoms with van der Waals surface area (Å²) in [6.45, 7) is 0.614. The topological polar surface area (TPSA) is 97.6 Å². The molecule has 2 aromatic heterocycles. The minimum absolute atomic E-state index is 0.00503. The van der Waals surface area contributed by atoms with Gasteiger partial charge in [0.1, 0.15) is 16.0 Å². The zero-order valence-corrected chi connectivity index (χ0v) is 20.4. The summed E-state index contributed by atoms with van der Waals surface area (Å²) >= 11 is 6.54. The molecule has 2 saturated carbocycles. The van der Waals surface area contributed by atoms with E-state index in [1.165, 1.54) is 38.4 Å². The summed E-state index contributed by atoms with van der Waals surface area (Å²) in [5.41, 5.74) is 2.22. The first-order chi connectivity index (χ1) is 16.5. The third-order valence-corrected chi connectivity index (χ3v) is 7.93. The maximum absolute atomic E-state index is 13.6. The highest BCUT2D eigenvalue weighted by Crippen LogP contribution is 2.60. The lowest BCUT2D eigenvalue weighted by atomic mass is 9.90. The fraction of sp³-hybridized carbons (Fsp3) is 0.458. The lowest BCUT2D eigenvalue weighted by molar-refractivity contribution is -0.119. The number of benzene rings is 1. The van der Waals surface area contributed by atoms with E-state index in [0.717, 1.165) is 24.1 Å². The molecule has 1 aromatic carbocycles. The predicted molar refractivity (Wildman–Crippen MR) is 131 cm³/mol. The van der Waals surface area contributed by atoms with Crippen LogP contribution < -0.4 is 14.4 Å². The second kappa shape index (κ2) is 8.23. The van der Waals surface area contributed by atoms with E-state index < -0.39 is 16.4 Å². The van der Waals surface area contributed by atoms with Gasteiger partial charge in [-0.25, -0.2) is 9.19 Å². The van der Waals surface area contributed by atoms with Crippen molar-refractivity contribution >= 4 is 56.7 Å². The monoisotopic (exact) mass is 500 g/mol. The number of aromatic nitrogens is 2. The van der Waals surface area contributed by atoms with Gasteiger partial charge in [-0.15, -0.1) is 0 Å². The first kappa shape index (κ1) is 21.9. The first-order valence-electron chi connectivity index (χ1n) is 11.6. The SMILES string of the molecule is CS(=O)Nc1noc2cc3c(cc12)C1(CC1)C(=O)N3c1cnc(OCC2CCCCC2)c(Cl)c1. The number of carbonyl (C=O) groups is 1. The Morgan fingerprint density at radius 1 is 1.26 bits per heavy atom. The molecule has 8 nitrogen and oxygen atoms in total. The molecule has 0 saturated heterocycles. The number of rotatable bonds is 6. The molecule has 0 bridgehead atoms. The van der Waals surface area contributed by atoms with Gasteiger partial charge in [-0.3, -0.25) is 14.4 Å². The molecule has 34 heavy (non-hydrogen) atoms. The van der Waals surface area contributed by atoms with Crippen LogP contribution in [0.3, 0.4) is 0 Å². The Morgan fingerprint density at radius 3 is 2.76 bits per heavy atom. The standard InChI is InChI=1S/C24H25ClN4O4S/c1-34(31)28-21-16-10-17-19(11-20(16)33-27-21)29(23(30)24(17)7-8-24)15-9-18(25)22(26-12-15)32-13-14-5-3-2-4-6-14/h9-12,14H,2-8,13H2,1H3,(H,27,28). The van der Waals surface area contributed by atoms with Gasteiger partial charge in [-0.2, -0.15) is 0 Å². The van der Waals surface area contributed by atoms with E-state index in [9.17, 15) is 9.00 Å². The van der Waals surface area contributed by atoms with E-state index in [0.29, 0.717) is 45.9 Å². The molecule has 2 fully saturated rings. The third kappa shape index (κ3) is 3.56. The average Bonchev–Trinajstić information content (AvgIpc) is 3.50. The fourth-order valence-corrected chi connectivity index (χ4v) is 5.88. The Kier molecular flexibility index (Phi) is 5.29. The van der Waals surface area contributed by atoms with Crippen molar-refractivity contribution in [3.8, 4) is 5.88 Å². The molecule has 3 aliphatic rings. The van der Waals surface area contributed by atoms with Crippen LogP contribution in [0.1, 0.15) is 50.5 Å². The van der Waals surface area contributed by atoms with Gasteiger partial charge in [0, 0.05) is 12.3 Å². The summed E-state index contributed by atoms with van der Waals surface area (Å²) in [7, 11) is -1.29. The normalized spacial score (nSPS) is 20.1. The number of amides is 1. The van der Waals surface area contributed by atoms with Crippen LogP contribution in [0.25, 0.3) is 11.0 Å². The summed E-state index contributed by atoms with van der Waals surface area (Å²) in [5.74, 6) is 1.36. The van der Waals surface area contributed by atoms with E-state index in [1.54, 1.807) is 17.2 Å². The fourth-order valence-electron chi connectivity index (χ4n) is 5.25. The number of hydrogen-bond donors (Lipinski definition) is 1. The van der Waals surface area contributed by atoms with Gasteiger partial charge in [0.25, 0.3) is 0 Å². The second-order valence-corrected chi connectivity index (χ2v) is 11.0. The van der Waals surface area contributed by atoms with Crippen LogP contribution >= 0.6 is 11.6 Å². The Morgan fingerprint density at radius 2 is 2.06 bits per heavy atom. The Bertz CT molecular complexity index is 1320. The van der Waals surface area contributed by atoms with E-state index in [-0.39, 0.29) is 5.91 Å². The van der Waals surface area contributed by atoms with E-state index >= 15 is 0 Å². The highest BCUT2D eigenvalue weighted by Gasteiger charge is 2.60. The quantitative estimate of drug-likeness (QED) is 0.496. The number of pyridine rings is 1. The lowest BCUT2D eigenvalue weighted by Gasteiger charge is -2.22. The molecule has 1 N–H and O–H groups in total. The van der Waals surface area contributed by atoms with Gasteiger partial charge >= 0.3 is 0 Å². The third-order valence-electron chi connectivity index (χ3n) is 7.18. The molecule has 1 atom stereocenters. The highest BCUT2D eigenvalue weighted by atomic mass is 35.5. The van der Waals surface area contributed by atoms with Crippen molar-refractivity contribution in [3.05, 3.63) is 35.0 Å². The molecule has 1 aliphatic heterocycles. The molecule has 1 spiro atoms. The smallest absolute Gasteiger partial charge is 0.242 e. The zero-order chi connectivity index (χ0) is 23.4. The van der Waals surface area contributed by atoms with Crippen LogP contribution in [0, 0.1) is 5.92 Å². The van der Waals surface area contributed by atoms with Crippen molar-refractivity contribution in [2.45, 2.75) is 50.4 Å². The molecular formula is C24H25ClN4O4S. The first-order valence-corrected chi connectivity index (χ1v) is 13.6. The van der Waals surface area contributed by atoms with Crippen LogP contribution in [-0.2, 0) is 21.2 Å². The predicted octanol–water partition coefficient (Wildman–Crippen LogP) is 5.25. The van der Waals surface area contributed by atoms with Gasteiger partial charge in [0.05, 0.1) is 35.0 Å². The maximum Gasteiger partial charge on any atom is 0.242 e. The van der Waals surface area contributed by atoms with Crippen molar-refractivity contribution < 1.29 is 18.3 Å². The molecule has 1 unspecified atom stereocenters. The summed E-state index contributed by atoms with van der Waals surface area (Å²) < 4.78 is 25.8. The number of hydrogen-bond acceptors (Lipinski definition) is 6. The minimum atomic E-state index is -1.29. The number of anilines is 3. The molecule has 0 radical (unpaired) electrons. The summed E-state index contributed by atoms with van der Waals surface area (Å²) in [5, 5.41) is 5.11. The second-order valence-electron chi connectivity index (χ2n) is 9.47. The van der Waals surface area contributed by atoms with Crippen molar-refractivity contribution in [2.24, 2.45) is 5.92 Å². The molecule has 3 aromatic rings. The van der Waals surface area contributed by atoms with Crippen LogP contribution in [0.4, 0.5) is 17.2 Å². The molecular weight excluding hydrogens is 476 g/mol. The molecule has 3 heterocycles. The molecule has 2 aliphatic carbocycles. The van der Waals surface area contributed by atoms with Crippen molar-refractivity contribution in [3.63, 3.8) is 0 Å². The molecule has 6 rings (SSSR count). The largest absolute Gasteiger partial charge is 0.476 e. The van der Waals surface area contributed by atoms with E-state index in [1.807, 2.05) is 12.1 Å². The van der Waals surface area contributed by atoms with Crippen LogP contribution in [-0.4, -0.2) is 33.1 Å². The number of carbonyl (C=O) groups excluding carboxylic acids is 1. The highest BCUT2D eigenvalue weighted by molar-refractivity contribution is 7.85. The Balaban J connectivity index is 1.32. The van der Waals surface area contributed by atoms with Crippen LogP contribution in [0.15, 0.2) is 28.9 Å². The summed E-state index contributed by atoms with van der Waals surface area (Å²) in [4.78, 5) is 19.7. The van der Waals surface area contributed by atoms with Crippen LogP contribution in [0.5, 0.6) is 5.88 Å².